The number of hydrogen-bond acceptors (Lipinski definition) is 4. The summed E-state index contributed by atoms with van der Waals surface area (Å²) in [5, 5.41) is 22.0. The van der Waals surface area contributed by atoms with Crippen LogP contribution in [-0.2, 0) is 0 Å². The summed E-state index contributed by atoms with van der Waals surface area (Å²) < 4.78 is 0. The molecule has 0 saturated carbocycles. The maximum absolute atomic E-state index is 11.0. The van der Waals surface area contributed by atoms with Crippen molar-refractivity contribution in [3.63, 3.8) is 0 Å². The van der Waals surface area contributed by atoms with Gasteiger partial charge in [-0.05, 0) is 11.6 Å². The highest BCUT2D eigenvalue weighted by Gasteiger charge is 2.36. The van der Waals surface area contributed by atoms with Gasteiger partial charge in [0.15, 0.2) is 0 Å². The molecular formula is C11H13ClN2O4. The van der Waals surface area contributed by atoms with Gasteiger partial charge in [0.1, 0.15) is 5.92 Å². The average Bonchev–Trinajstić information content (AvgIpc) is 2.28. The van der Waals surface area contributed by atoms with Gasteiger partial charge in [0, 0.05) is 21.3 Å². The fourth-order valence-electron chi connectivity index (χ4n) is 1.94. The van der Waals surface area contributed by atoms with E-state index in [9.17, 15) is 20.2 Å². The van der Waals surface area contributed by atoms with Gasteiger partial charge in [-0.15, -0.1) is 0 Å². The predicted molar refractivity (Wildman–Crippen MR) is 67.1 cm³/mol. The normalized spacial score (nSPS) is 13.9. The zero-order chi connectivity index (χ0) is 13.7. The van der Waals surface area contributed by atoms with Crippen molar-refractivity contribution in [1.82, 2.24) is 0 Å². The Morgan fingerprint density at radius 1 is 1.28 bits per heavy atom. The van der Waals surface area contributed by atoms with Crippen LogP contribution in [-0.4, -0.2) is 22.4 Å². The van der Waals surface area contributed by atoms with Crippen LogP contribution in [0.15, 0.2) is 24.3 Å². The van der Waals surface area contributed by atoms with E-state index < -0.39 is 28.4 Å². The van der Waals surface area contributed by atoms with Crippen molar-refractivity contribution in [2.24, 2.45) is 0 Å². The van der Waals surface area contributed by atoms with Crippen molar-refractivity contribution in [1.29, 1.82) is 0 Å². The number of nitrogens with zero attached hydrogens (tertiary/aromatic N) is 2. The van der Waals surface area contributed by atoms with Crippen LogP contribution in [0.2, 0.25) is 5.02 Å². The number of rotatable bonds is 6. The molecule has 1 aromatic rings. The lowest BCUT2D eigenvalue weighted by molar-refractivity contribution is -0.547. The molecule has 0 aliphatic carbocycles. The molecule has 0 amide bonds. The van der Waals surface area contributed by atoms with Gasteiger partial charge in [0.25, 0.3) is 0 Å². The molecule has 0 saturated heterocycles. The molecule has 6 nitrogen and oxygen atoms in total. The molecule has 0 aromatic heterocycles. The Balaban J connectivity index is 3.16. The van der Waals surface area contributed by atoms with Gasteiger partial charge in [-0.2, -0.15) is 0 Å². The van der Waals surface area contributed by atoms with E-state index in [-0.39, 0.29) is 6.42 Å². The molecule has 0 aliphatic rings. The molecule has 0 bridgehead atoms. The quantitative estimate of drug-likeness (QED) is 0.588. The van der Waals surface area contributed by atoms with E-state index in [2.05, 4.69) is 0 Å². The largest absolute Gasteiger partial charge is 0.265 e. The summed E-state index contributed by atoms with van der Waals surface area (Å²) in [6.07, 6.45) is 0.219. The third-order valence-electron chi connectivity index (χ3n) is 2.80. The lowest BCUT2D eigenvalue weighted by Crippen LogP contribution is -2.31. The maximum Gasteiger partial charge on any atom is 0.226 e. The fourth-order valence-corrected chi connectivity index (χ4v) is 2.22. The standard InChI is InChI=1S/C11H13ClN2O4/c1-2-11(14(17)18)9(7-13(15)16)8-5-3-4-6-10(8)12/h3-6,9,11H,2,7H2,1H3/t9-,11+/m1/s1. The summed E-state index contributed by atoms with van der Waals surface area (Å²) in [6.45, 7) is 1.14. The van der Waals surface area contributed by atoms with E-state index in [0.29, 0.717) is 10.6 Å². The van der Waals surface area contributed by atoms with E-state index >= 15 is 0 Å². The summed E-state index contributed by atoms with van der Waals surface area (Å²) in [4.78, 5) is 20.6. The Bertz CT molecular complexity index is 452. The summed E-state index contributed by atoms with van der Waals surface area (Å²) >= 11 is 5.96. The second-order valence-corrected chi connectivity index (χ2v) is 4.31. The van der Waals surface area contributed by atoms with Gasteiger partial charge in [-0.25, -0.2) is 0 Å². The van der Waals surface area contributed by atoms with E-state index in [1.807, 2.05) is 0 Å². The SMILES string of the molecule is CC[C@@H]([C@H](C[N+](=O)[O-])c1ccccc1Cl)[N+](=O)[O-]. The maximum atomic E-state index is 11.0. The van der Waals surface area contributed by atoms with E-state index in [1.54, 1.807) is 31.2 Å². The van der Waals surface area contributed by atoms with Crippen LogP contribution >= 0.6 is 11.6 Å². The molecule has 1 aromatic carbocycles. The smallest absolute Gasteiger partial charge is 0.226 e. The number of benzene rings is 1. The molecule has 0 radical (unpaired) electrons. The molecule has 0 heterocycles. The predicted octanol–water partition coefficient (Wildman–Crippen LogP) is 2.76. The lowest BCUT2D eigenvalue weighted by Gasteiger charge is -2.17. The molecular weight excluding hydrogens is 260 g/mol. The fraction of sp³-hybridized carbons (Fsp3) is 0.455. The first-order chi connectivity index (χ1) is 8.47. The molecule has 1 rings (SSSR count). The highest BCUT2D eigenvalue weighted by atomic mass is 35.5. The van der Waals surface area contributed by atoms with Crippen LogP contribution in [0.4, 0.5) is 0 Å². The number of halogens is 1. The minimum Gasteiger partial charge on any atom is -0.265 e. The number of hydrogen-bond donors (Lipinski definition) is 0. The summed E-state index contributed by atoms with van der Waals surface area (Å²) in [5.74, 6) is -0.811. The Morgan fingerprint density at radius 3 is 2.33 bits per heavy atom. The minimum atomic E-state index is -1.00. The molecule has 2 atom stereocenters. The Labute approximate surface area is 109 Å². The van der Waals surface area contributed by atoms with Gasteiger partial charge in [0.05, 0.1) is 0 Å². The van der Waals surface area contributed by atoms with E-state index in [4.69, 9.17) is 11.6 Å². The van der Waals surface area contributed by atoms with Crippen molar-refractivity contribution in [2.75, 3.05) is 6.54 Å². The van der Waals surface area contributed by atoms with Gasteiger partial charge in [0.2, 0.25) is 12.6 Å². The first kappa shape index (κ1) is 14.4. The zero-order valence-electron chi connectivity index (χ0n) is 9.78. The van der Waals surface area contributed by atoms with E-state index in [0.717, 1.165) is 0 Å². The molecule has 0 unspecified atom stereocenters. The van der Waals surface area contributed by atoms with Crippen LogP contribution in [0.3, 0.4) is 0 Å². The molecule has 0 fully saturated rings. The number of nitro groups is 2. The van der Waals surface area contributed by atoms with Gasteiger partial charge >= 0.3 is 0 Å². The lowest BCUT2D eigenvalue weighted by atomic mass is 9.90. The Kier molecular flexibility index (Phi) is 5.03. The van der Waals surface area contributed by atoms with Crippen LogP contribution in [0.25, 0.3) is 0 Å². The minimum absolute atomic E-state index is 0.219. The zero-order valence-corrected chi connectivity index (χ0v) is 10.5. The van der Waals surface area contributed by atoms with Crippen molar-refractivity contribution in [3.8, 4) is 0 Å². The summed E-state index contributed by atoms with van der Waals surface area (Å²) in [7, 11) is 0. The topological polar surface area (TPSA) is 86.3 Å². The van der Waals surface area contributed by atoms with Gasteiger partial charge in [-0.3, -0.25) is 20.2 Å². The summed E-state index contributed by atoms with van der Waals surface area (Å²) in [5.41, 5.74) is 0.458. The first-order valence-corrected chi connectivity index (χ1v) is 5.84. The van der Waals surface area contributed by atoms with Crippen LogP contribution in [0, 0.1) is 20.2 Å². The molecule has 0 N–H and O–H groups in total. The van der Waals surface area contributed by atoms with Crippen molar-refractivity contribution in [3.05, 3.63) is 55.1 Å². The van der Waals surface area contributed by atoms with E-state index in [1.165, 1.54) is 0 Å². The molecule has 0 spiro atoms. The van der Waals surface area contributed by atoms with Crippen LogP contribution in [0.1, 0.15) is 24.8 Å². The first-order valence-electron chi connectivity index (χ1n) is 5.47. The van der Waals surface area contributed by atoms with Gasteiger partial charge < -0.3 is 0 Å². The third kappa shape index (κ3) is 3.40. The molecule has 0 aliphatic heterocycles. The third-order valence-corrected chi connectivity index (χ3v) is 3.15. The molecule has 18 heavy (non-hydrogen) atoms. The molecule has 98 valence electrons. The average molecular weight is 273 g/mol. The van der Waals surface area contributed by atoms with Crippen LogP contribution < -0.4 is 0 Å². The van der Waals surface area contributed by atoms with Crippen molar-refractivity contribution >= 4 is 11.6 Å². The van der Waals surface area contributed by atoms with Crippen molar-refractivity contribution < 1.29 is 9.85 Å². The monoisotopic (exact) mass is 272 g/mol. The van der Waals surface area contributed by atoms with Crippen molar-refractivity contribution in [2.45, 2.75) is 25.3 Å². The van der Waals surface area contributed by atoms with Crippen LogP contribution in [0.5, 0.6) is 0 Å². The Hall–Kier alpha value is -1.69. The summed E-state index contributed by atoms with van der Waals surface area (Å²) in [6, 6.07) is 5.53. The molecule has 7 heteroatoms. The highest BCUT2D eigenvalue weighted by Crippen LogP contribution is 2.29. The Morgan fingerprint density at radius 2 is 1.89 bits per heavy atom. The highest BCUT2D eigenvalue weighted by molar-refractivity contribution is 6.31. The second kappa shape index (κ2) is 6.30. The second-order valence-electron chi connectivity index (χ2n) is 3.90. The van der Waals surface area contributed by atoms with Gasteiger partial charge in [-0.1, -0.05) is 36.7 Å².